The fraction of sp³-hybridized carbons (Fsp3) is 0.316. The van der Waals surface area contributed by atoms with Crippen molar-refractivity contribution in [3.63, 3.8) is 0 Å². The number of likely N-dealkylation sites (tertiary alicyclic amines) is 1. The number of aromatic nitrogens is 3. The van der Waals surface area contributed by atoms with Crippen molar-refractivity contribution in [3.05, 3.63) is 59.8 Å². The average Bonchev–Trinajstić information content (AvgIpc) is 3.20. The number of pyridine rings is 1. The highest BCUT2D eigenvalue weighted by Gasteiger charge is 2.30. The summed E-state index contributed by atoms with van der Waals surface area (Å²) in [6, 6.07) is 9.58. The lowest BCUT2D eigenvalue weighted by Crippen LogP contribution is -2.28. The van der Waals surface area contributed by atoms with E-state index in [2.05, 4.69) is 14.5 Å². The number of carbonyl (C=O) groups excluding carboxylic acids is 1. The van der Waals surface area contributed by atoms with E-state index in [1.54, 1.807) is 6.20 Å². The van der Waals surface area contributed by atoms with Gasteiger partial charge in [0, 0.05) is 49.4 Å². The molecule has 3 aromatic rings. The lowest BCUT2D eigenvalue weighted by atomic mass is 10.1. The Hall–Kier alpha value is -2.69. The van der Waals surface area contributed by atoms with E-state index >= 15 is 0 Å². The molecule has 24 heavy (non-hydrogen) atoms. The predicted octanol–water partition coefficient (Wildman–Crippen LogP) is 2.91. The van der Waals surface area contributed by atoms with Gasteiger partial charge < -0.3 is 9.47 Å². The largest absolute Gasteiger partial charge is 0.338 e. The van der Waals surface area contributed by atoms with E-state index < -0.39 is 0 Å². The molecule has 4 rings (SSSR count). The molecule has 5 nitrogen and oxygen atoms in total. The third-order valence-electron chi connectivity index (χ3n) is 4.75. The van der Waals surface area contributed by atoms with Crippen LogP contribution < -0.4 is 0 Å². The molecule has 1 saturated heterocycles. The Bertz CT molecular complexity index is 909. The maximum absolute atomic E-state index is 13.0. The van der Waals surface area contributed by atoms with Gasteiger partial charge in [0.2, 0.25) is 0 Å². The van der Waals surface area contributed by atoms with Gasteiger partial charge in [-0.2, -0.15) is 0 Å². The zero-order chi connectivity index (χ0) is 16.7. The molecule has 122 valence electrons. The minimum Gasteiger partial charge on any atom is -0.338 e. The molecule has 3 heterocycles. The summed E-state index contributed by atoms with van der Waals surface area (Å²) in [6.45, 7) is 3.50. The van der Waals surface area contributed by atoms with Crippen molar-refractivity contribution in [1.82, 2.24) is 19.4 Å². The molecule has 1 aliphatic rings. The number of hydrogen-bond donors (Lipinski definition) is 0. The van der Waals surface area contributed by atoms with Gasteiger partial charge in [-0.05, 0) is 31.5 Å². The van der Waals surface area contributed by atoms with Crippen molar-refractivity contribution in [2.24, 2.45) is 7.05 Å². The summed E-state index contributed by atoms with van der Waals surface area (Å²) in [5, 5.41) is 0.918. The number of amides is 1. The maximum Gasteiger partial charge on any atom is 0.254 e. The second-order valence-electron chi connectivity index (χ2n) is 6.46. The summed E-state index contributed by atoms with van der Waals surface area (Å²) in [6.07, 6.45) is 4.75. The molecule has 0 bridgehead atoms. The van der Waals surface area contributed by atoms with Crippen LogP contribution >= 0.6 is 0 Å². The van der Waals surface area contributed by atoms with E-state index in [9.17, 15) is 4.79 Å². The van der Waals surface area contributed by atoms with Crippen molar-refractivity contribution in [1.29, 1.82) is 0 Å². The summed E-state index contributed by atoms with van der Waals surface area (Å²) in [7, 11) is 2.02. The van der Waals surface area contributed by atoms with Gasteiger partial charge in [0.05, 0.1) is 11.2 Å². The molecule has 1 aliphatic heterocycles. The monoisotopic (exact) mass is 320 g/mol. The van der Waals surface area contributed by atoms with Crippen LogP contribution in [0.15, 0.2) is 42.7 Å². The van der Waals surface area contributed by atoms with Gasteiger partial charge in [0.15, 0.2) is 0 Å². The molecule has 1 fully saturated rings. The summed E-state index contributed by atoms with van der Waals surface area (Å²) < 4.78 is 2.08. The van der Waals surface area contributed by atoms with Gasteiger partial charge in [-0.3, -0.25) is 9.78 Å². The highest BCUT2D eigenvalue weighted by molar-refractivity contribution is 6.06. The van der Waals surface area contributed by atoms with Gasteiger partial charge in [-0.15, -0.1) is 0 Å². The number of nitrogens with zero attached hydrogens (tertiary/aromatic N) is 4. The molecule has 1 atom stereocenters. The number of carbonyl (C=O) groups is 1. The molecular formula is C19H20N4O. The zero-order valence-electron chi connectivity index (χ0n) is 13.9. The summed E-state index contributed by atoms with van der Waals surface area (Å²) in [5.41, 5.74) is 2.62. The first-order valence-electron chi connectivity index (χ1n) is 8.26. The lowest BCUT2D eigenvalue weighted by molar-refractivity contribution is 0.0792. The minimum atomic E-state index is 0.0852. The Morgan fingerprint density at radius 2 is 2.12 bits per heavy atom. The first-order valence-corrected chi connectivity index (χ1v) is 8.26. The Kier molecular flexibility index (Phi) is 3.56. The van der Waals surface area contributed by atoms with Crippen LogP contribution in [0.5, 0.6) is 0 Å². The van der Waals surface area contributed by atoms with E-state index in [4.69, 9.17) is 0 Å². The van der Waals surface area contributed by atoms with Gasteiger partial charge >= 0.3 is 0 Å². The van der Waals surface area contributed by atoms with Crippen molar-refractivity contribution in [2.75, 3.05) is 13.1 Å². The van der Waals surface area contributed by atoms with Crippen LogP contribution in [-0.4, -0.2) is 38.4 Å². The summed E-state index contributed by atoms with van der Waals surface area (Å²) >= 11 is 0. The summed E-state index contributed by atoms with van der Waals surface area (Å²) in [5.74, 6) is 1.46. The van der Waals surface area contributed by atoms with E-state index in [-0.39, 0.29) is 5.91 Å². The molecule has 0 aliphatic carbocycles. The van der Waals surface area contributed by atoms with Crippen LogP contribution in [0, 0.1) is 6.92 Å². The number of imidazole rings is 1. The van der Waals surface area contributed by atoms with Crippen LogP contribution in [0.3, 0.4) is 0 Å². The molecular weight excluding hydrogens is 300 g/mol. The minimum absolute atomic E-state index is 0.0852. The first kappa shape index (κ1) is 14.9. The smallest absolute Gasteiger partial charge is 0.254 e. The number of aryl methyl sites for hydroxylation is 2. The summed E-state index contributed by atoms with van der Waals surface area (Å²) in [4.78, 5) is 23.9. The molecule has 1 unspecified atom stereocenters. The van der Waals surface area contributed by atoms with E-state index in [1.807, 2.05) is 55.4 Å². The normalized spacial score (nSPS) is 17.6. The van der Waals surface area contributed by atoms with Gasteiger partial charge in [0.25, 0.3) is 5.91 Å². The van der Waals surface area contributed by atoms with E-state index in [0.29, 0.717) is 5.92 Å². The van der Waals surface area contributed by atoms with Crippen molar-refractivity contribution >= 4 is 16.8 Å². The fourth-order valence-electron chi connectivity index (χ4n) is 3.63. The Balaban J connectivity index is 1.60. The number of hydrogen-bond acceptors (Lipinski definition) is 3. The second kappa shape index (κ2) is 5.74. The third-order valence-corrected chi connectivity index (χ3v) is 4.75. The number of rotatable bonds is 2. The zero-order valence-corrected chi connectivity index (χ0v) is 13.9. The Labute approximate surface area is 140 Å². The quantitative estimate of drug-likeness (QED) is 0.729. The van der Waals surface area contributed by atoms with Crippen LogP contribution in [0.2, 0.25) is 0 Å². The number of benzene rings is 1. The molecule has 1 amide bonds. The molecule has 0 saturated carbocycles. The van der Waals surface area contributed by atoms with Gasteiger partial charge in [-0.1, -0.05) is 12.1 Å². The Morgan fingerprint density at radius 3 is 2.92 bits per heavy atom. The van der Waals surface area contributed by atoms with Crippen molar-refractivity contribution in [3.8, 4) is 0 Å². The van der Waals surface area contributed by atoms with Crippen LogP contribution in [0.4, 0.5) is 0 Å². The third kappa shape index (κ3) is 2.46. The Morgan fingerprint density at radius 1 is 1.25 bits per heavy atom. The highest BCUT2D eigenvalue weighted by Crippen LogP contribution is 2.28. The molecule has 0 N–H and O–H groups in total. The SMILES string of the molecule is Cc1cn(C)c(C2CCN(C(=O)c3cccc4ncccc34)C2)n1. The van der Waals surface area contributed by atoms with Crippen LogP contribution in [0.25, 0.3) is 10.9 Å². The van der Waals surface area contributed by atoms with E-state index in [1.165, 1.54) is 0 Å². The molecule has 2 aromatic heterocycles. The molecule has 0 spiro atoms. The molecule has 5 heteroatoms. The topological polar surface area (TPSA) is 51.0 Å². The molecule has 1 aromatic carbocycles. The first-order chi connectivity index (χ1) is 11.6. The van der Waals surface area contributed by atoms with Crippen molar-refractivity contribution in [2.45, 2.75) is 19.3 Å². The van der Waals surface area contributed by atoms with E-state index in [0.717, 1.165) is 47.5 Å². The molecule has 0 radical (unpaired) electrons. The van der Waals surface area contributed by atoms with Gasteiger partial charge in [0.1, 0.15) is 5.82 Å². The van der Waals surface area contributed by atoms with Gasteiger partial charge in [-0.25, -0.2) is 4.98 Å². The lowest BCUT2D eigenvalue weighted by Gasteiger charge is -2.17. The fourth-order valence-corrected chi connectivity index (χ4v) is 3.63. The second-order valence-corrected chi connectivity index (χ2v) is 6.46. The predicted molar refractivity (Wildman–Crippen MR) is 92.9 cm³/mol. The standard InChI is InChI=1S/C19H20N4O/c1-13-11-22(2)18(21-13)14-8-10-23(12-14)19(24)16-5-3-7-17-15(16)6-4-9-20-17/h3-7,9,11,14H,8,10,12H2,1-2H3. The highest BCUT2D eigenvalue weighted by atomic mass is 16.2. The average molecular weight is 320 g/mol. The van der Waals surface area contributed by atoms with Crippen LogP contribution in [0.1, 0.15) is 34.2 Å². The maximum atomic E-state index is 13.0. The van der Waals surface area contributed by atoms with Crippen LogP contribution in [-0.2, 0) is 7.05 Å². The van der Waals surface area contributed by atoms with Crippen molar-refractivity contribution < 1.29 is 4.79 Å². The number of fused-ring (bicyclic) bond motifs is 1.